The second-order valence-electron chi connectivity index (χ2n) is 5.05. The number of rotatable bonds is 4. The lowest BCUT2D eigenvalue weighted by Gasteiger charge is -2.31. The van der Waals surface area contributed by atoms with Crippen molar-refractivity contribution in [1.82, 2.24) is 5.32 Å². The zero-order valence-electron chi connectivity index (χ0n) is 9.46. The van der Waals surface area contributed by atoms with E-state index in [1.807, 2.05) is 0 Å². The first-order chi connectivity index (χ1) is 6.81. The van der Waals surface area contributed by atoms with Gasteiger partial charge < -0.3 is 5.32 Å². The number of nitrogens with one attached hydrogen (secondary N) is 1. The average molecular weight is 213 g/mol. The molecule has 0 amide bonds. The minimum atomic E-state index is 0.812. The van der Waals surface area contributed by atoms with Crippen LogP contribution in [0.1, 0.15) is 39.0 Å². The summed E-state index contributed by atoms with van der Waals surface area (Å²) in [5, 5.41) is 4.68. The second kappa shape index (κ2) is 4.89. The van der Waals surface area contributed by atoms with E-state index in [1.54, 1.807) is 0 Å². The topological polar surface area (TPSA) is 12.0 Å². The Morgan fingerprint density at radius 3 is 2.64 bits per heavy atom. The van der Waals surface area contributed by atoms with Crippen molar-refractivity contribution < 1.29 is 0 Å². The van der Waals surface area contributed by atoms with Crippen LogP contribution in [0.3, 0.4) is 0 Å². The number of hydrogen-bond acceptors (Lipinski definition) is 2. The zero-order valence-corrected chi connectivity index (χ0v) is 10.3. The van der Waals surface area contributed by atoms with Crippen LogP contribution in [0.2, 0.25) is 0 Å². The lowest BCUT2D eigenvalue weighted by molar-refractivity contribution is 0.377. The Morgan fingerprint density at radius 1 is 1.29 bits per heavy atom. The molecule has 0 aromatic carbocycles. The standard InChI is InChI=1S/C12H23NS/c1-9-7-10(9)8-13-11-5-3-4-6-12(11)14-2/h9-13H,3-8H2,1-2H3. The van der Waals surface area contributed by atoms with Crippen molar-refractivity contribution >= 4 is 11.8 Å². The van der Waals surface area contributed by atoms with E-state index in [1.165, 1.54) is 38.6 Å². The molecule has 1 nitrogen and oxygen atoms in total. The highest BCUT2D eigenvalue weighted by atomic mass is 32.2. The molecule has 2 heteroatoms. The molecule has 2 rings (SSSR count). The SMILES string of the molecule is CSC1CCCCC1NCC1CC1C. The van der Waals surface area contributed by atoms with Gasteiger partial charge in [0.1, 0.15) is 0 Å². The molecular formula is C12H23NS. The Bertz CT molecular complexity index is 183. The van der Waals surface area contributed by atoms with E-state index in [4.69, 9.17) is 0 Å². The molecule has 4 atom stereocenters. The summed E-state index contributed by atoms with van der Waals surface area (Å²) in [5.74, 6) is 2.00. The second-order valence-corrected chi connectivity index (χ2v) is 6.12. The maximum atomic E-state index is 3.79. The van der Waals surface area contributed by atoms with Gasteiger partial charge in [0.2, 0.25) is 0 Å². The van der Waals surface area contributed by atoms with Gasteiger partial charge in [-0.3, -0.25) is 0 Å². The molecule has 0 saturated heterocycles. The molecule has 0 aromatic heterocycles. The van der Waals surface area contributed by atoms with Crippen molar-refractivity contribution in [2.45, 2.75) is 50.3 Å². The summed E-state index contributed by atoms with van der Waals surface area (Å²) in [6.07, 6.45) is 9.46. The summed E-state index contributed by atoms with van der Waals surface area (Å²) >= 11 is 2.06. The minimum Gasteiger partial charge on any atom is -0.313 e. The third kappa shape index (κ3) is 2.66. The Kier molecular flexibility index (Phi) is 3.78. The third-order valence-electron chi connectivity index (χ3n) is 3.92. The van der Waals surface area contributed by atoms with Gasteiger partial charge in [-0.05, 0) is 43.9 Å². The zero-order chi connectivity index (χ0) is 9.97. The fourth-order valence-electron chi connectivity index (χ4n) is 2.60. The van der Waals surface area contributed by atoms with Crippen LogP contribution in [0.4, 0.5) is 0 Å². The van der Waals surface area contributed by atoms with Crippen LogP contribution in [0.15, 0.2) is 0 Å². The lowest BCUT2D eigenvalue weighted by Crippen LogP contribution is -2.41. The molecule has 4 unspecified atom stereocenters. The molecule has 0 spiro atoms. The quantitative estimate of drug-likeness (QED) is 0.770. The van der Waals surface area contributed by atoms with E-state index in [9.17, 15) is 0 Å². The van der Waals surface area contributed by atoms with Gasteiger partial charge in [0, 0.05) is 11.3 Å². The fraction of sp³-hybridized carbons (Fsp3) is 1.00. The minimum absolute atomic E-state index is 0.812. The molecule has 0 bridgehead atoms. The molecule has 0 heterocycles. The Hall–Kier alpha value is 0.310. The summed E-state index contributed by atoms with van der Waals surface area (Å²) in [6.45, 7) is 3.65. The molecular weight excluding hydrogens is 190 g/mol. The van der Waals surface area contributed by atoms with Crippen molar-refractivity contribution in [2.75, 3.05) is 12.8 Å². The molecule has 0 radical (unpaired) electrons. The van der Waals surface area contributed by atoms with Crippen LogP contribution in [-0.4, -0.2) is 24.1 Å². The van der Waals surface area contributed by atoms with Crippen LogP contribution in [-0.2, 0) is 0 Å². The summed E-state index contributed by atoms with van der Waals surface area (Å²) in [7, 11) is 0. The van der Waals surface area contributed by atoms with Gasteiger partial charge in [-0.15, -0.1) is 0 Å². The highest BCUT2D eigenvalue weighted by Crippen LogP contribution is 2.37. The molecule has 2 aliphatic carbocycles. The predicted molar refractivity (Wildman–Crippen MR) is 64.8 cm³/mol. The van der Waals surface area contributed by atoms with Crippen LogP contribution in [0.25, 0.3) is 0 Å². The van der Waals surface area contributed by atoms with Crippen molar-refractivity contribution in [1.29, 1.82) is 0 Å². The number of thioether (sulfide) groups is 1. The average Bonchev–Trinajstić information content (AvgIpc) is 2.92. The molecule has 0 aromatic rings. The molecule has 2 saturated carbocycles. The maximum absolute atomic E-state index is 3.79. The highest BCUT2D eigenvalue weighted by Gasteiger charge is 2.33. The van der Waals surface area contributed by atoms with E-state index in [2.05, 4.69) is 30.3 Å². The molecule has 1 N–H and O–H groups in total. The van der Waals surface area contributed by atoms with Gasteiger partial charge in [0.05, 0.1) is 0 Å². The smallest absolute Gasteiger partial charge is 0.0198 e. The Morgan fingerprint density at radius 2 is 2.00 bits per heavy atom. The van der Waals surface area contributed by atoms with Crippen LogP contribution >= 0.6 is 11.8 Å². The summed E-state index contributed by atoms with van der Waals surface area (Å²) in [5.41, 5.74) is 0. The van der Waals surface area contributed by atoms with Crippen LogP contribution in [0, 0.1) is 11.8 Å². The summed E-state index contributed by atoms with van der Waals surface area (Å²) in [4.78, 5) is 0. The fourth-order valence-corrected chi connectivity index (χ4v) is 3.56. The van der Waals surface area contributed by atoms with Crippen LogP contribution < -0.4 is 5.32 Å². The van der Waals surface area contributed by atoms with Gasteiger partial charge in [-0.1, -0.05) is 19.8 Å². The maximum Gasteiger partial charge on any atom is 0.0198 e. The highest BCUT2D eigenvalue weighted by molar-refractivity contribution is 7.99. The first kappa shape index (κ1) is 10.8. The molecule has 82 valence electrons. The predicted octanol–water partition coefficient (Wildman–Crippen LogP) is 2.91. The van der Waals surface area contributed by atoms with Crippen molar-refractivity contribution in [3.63, 3.8) is 0 Å². The van der Waals surface area contributed by atoms with Gasteiger partial charge in [-0.25, -0.2) is 0 Å². The van der Waals surface area contributed by atoms with Gasteiger partial charge in [-0.2, -0.15) is 11.8 Å². The number of hydrogen-bond donors (Lipinski definition) is 1. The Balaban J connectivity index is 1.71. The van der Waals surface area contributed by atoms with E-state index in [0.717, 1.165) is 23.1 Å². The van der Waals surface area contributed by atoms with E-state index < -0.39 is 0 Å². The van der Waals surface area contributed by atoms with E-state index in [0.29, 0.717) is 0 Å². The van der Waals surface area contributed by atoms with E-state index in [-0.39, 0.29) is 0 Å². The summed E-state index contributed by atoms with van der Waals surface area (Å²) < 4.78 is 0. The molecule has 2 aliphatic rings. The summed E-state index contributed by atoms with van der Waals surface area (Å²) in [6, 6.07) is 0.812. The first-order valence-electron chi connectivity index (χ1n) is 6.07. The molecule has 2 fully saturated rings. The van der Waals surface area contributed by atoms with Crippen LogP contribution in [0.5, 0.6) is 0 Å². The monoisotopic (exact) mass is 213 g/mol. The van der Waals surface area contributed by atoms with Gasteiger partial charge in [0.25, 0.3) is 0 Å². The Labute approximate surface area is 92.4 Å². The largest absolute Gasteiger partial charge is 0.313 e. The lowest BCUT2D eigenvalue weighted by atomic mass is 9.95. The third-order valence-corrected chi connectivity index (χ3v) is 5.09. The van der Waals surface area contributed by atoms with Gasteiger partial charge >= 0.3 is 0 Å². The van der Waals surface area contributed by atoms with Crippen molar-refractivity contribution in [2.24, 2.45) is 11.8 Å². The first-order valence-corrected chi connectivity index (χ1v) is 7.36. The van der Waals surface area contributed by atoms with E-state index >= 15 is 0 Å². The molecule has 14 heavy (non-hydrogen) atoms. The molecule has 0 aliphatic heterocycles. The van der Waals surface area contributed by atoms with Crippen molar-refractivity contribution in [3.8, 4) is 0 Å². The normalized spacial score (nSPS) is 42.4. The van der Waals surface area contributed by atoms with Gasteiger partial charge in [0.15, 0.2) is 0 Å². The van der Waals surface area contributed by atoms with Crippen molar-refractivity contribution in [3.05, 3.63) is 0 Å².